The van der Waals surface area contributed by atoms with Crippen LogP contribution in [0.4, 0.5) is 0 Å². The van der Waals surface area contributed by atoms with Crippen LogP contribution >= 0.6 is 11.6 Å². The van der Waals surface area contributed by atoms with Gasteiger partial charge in [-0.1, -0.05) is 26.0 Å². The molecule has 4 heteroatoms. The molecule has 0 bridgehead atoms. The van der Waals surface area contributed by atoms with Gasteiger partial charge < -0.3 is 9.67 Å². The smallest absolute Gasteiger partial charge is 0.203 e. The molecule has 0 fully saturated rings. The number of hydrogen-bond acceptors (Lipinski definition) is 2. The van der Waals surface area contributed by atoms with Gasteiger partial charge in [-0.25, -0.2) is 4.98 Å². The lowest BCUT2D eigenvalue weighted by molar-refractivity contribution is 0.278. The van der Waals surface area contributed by atoms with Crippen molar-refractivity contribution in [2.45, 2.75) is 39.2 Å². The van der Waals surface area contributed by atoms with Gasteiger partial charge in [0.05, 0.1) is 17.6 Å². The molecule has 1 aromatic carbocycles. The molecular weight excluding hydrogens is 248 g/mol. The van der Waals surface area contributed by atoms with E-state index >= 15 is 0 Å². The van der Waals surface area contributed by atoms with E-state index in [4.69, 9.17) is 16.7 Å². The molecule has 3 nitrogen and oxygen atoms in total. The molecule has 0 atom stereocenters. The fourth-order valence-electron chi connectivity index (χ4n) is 2.55. The highest BCUT2D eigenvalue weighted by molar-refractivity contribution is 6.29. The molecule has 0 saturated heterocycles. The minimum absolute atomic E-state index is 0.0719. The molecule has 2 rings (SSSR count). The number of hydrogen-bond donors (Lipinski definition) is 1. The molecular formula is C14H19ClN2O. The Morgan fingerprint density at radius 1 is 1.33 bits per heavy atom. The van der Waals surface area contributed by atoms with Crippen LogP contribution in [0, 0.1) is 0 Å². The van der Waals surface area contributed by atoms with E-state index in [-0.39, 0.29) is 6.61 Å². The van der Waals surface area contributed by atoms with E-state index in [9.17, 15) is 0 Å². The van der Waals surface area contributed by atoms with Gasteiger partial charge in [0, 0.05) is 6.54 Å². The molecule has 0 radical (unpaired) electrons. The Morgan fingerprint density at radius 2 is 2.06 bits per heavy atom. The zero-order chi connectivity index (χ0) is 13.1. The van der Waals surface area contributed by atoms with Crippen molar-refractivity contribution in [3.8, 4) is 0 Å². The monoisotopic (exact) mass is 266 g/mol. The Bertz CT molecular complexity index is 532. The normalized spacial score (nSPS) is 11.6. The molecule has 0 aliphatic carbocycles. The number of para-hydroxylation sites is 1. The quantitative estimate of drug-likeness (QED) is 0.898. The topological polar surface area (TPSA) is 38.0 Å². The fourth-order valence-corrected chi connectivity index (χ4v) is 2.81. The van der Waals surface area contributed by atoms with Crippen molar-refractivity contribution in [2.75, 3.05) is 6.61 Å². The zero-order valence-corrected chi connectivity index (χ0v) is 11.6. The third kappa shape index (κ3) is 2.25. The second-order valence-corrected chi connectivity index (χ2v) is 4.82. The summed E-state index contributed by atoms with van der Waals surface area (Å²) in [6, 6.07) is 6.15. The molecule has 0 spiro atoms. The van der Waals surface area contributed by atoms with Crippen LogP contribution in [0.25, 0.3) is 11.0 Å². The summed E-state index contributed by atoms with van der Waals surface area (Å²) in [5, 5.41) is 9.61. The van der Waals surface area contributed by atoms with Crippen molar-refractivity contribution in [1.29, 1.82) is 0 Å². The number of rotatable bonds is 5. The Labute approximate surface area is 112 Å². The number of halogens is 1. The van der Waals surface area contributed by atoms with E-state index in [0.717, 1.165) is 23.9 Å². The van der Waals surface area contributed by atoms with Gasteiger partial charge in [0.2, 0.25) is 5.28 Å². The Hall–Kier alpha value is -1.06. The van der Waals surface area contributed by atoms with Crippen molar-refractivity contribution in [3.63, 3.8) is 0 Å². The summed E-state index contributed by atoms with van der Waals surface area (Å²) < 4.78 is 1.91. The van der Waals surface area contributed by atoms with Gasteiger partial charge >= 0.3 is 0 Å². The number of aromatic nitrogens is 2. The van der Waals surface area contributed by atoms with Gasteiger partial charge in [-0.2, -0.15) is 0 Å². The minimum Gasteiger partial charge on any atom is -0.395 e. The first-order valence-electron chi connectivity index (χ1n) is 6.48. The van der Waals surface area contributed by atoms with Crippen molar-refractivity contribution < 1.29 is 5.11 Å². The van der Waals surface area contributed by atoms with Crippen molar-refractivity contribution in [1.82, 2.24) is 9.55 Å². The minimum atomic E-state index is 0.0719. The summed E-state index contributed by atoms with van der Waals surface area (Å²) in [7, 11) is 0. The predicted octanol–water partition coefficient (Wildman–Crippen LogP) is 3.59. The van der Waals surface area contributed by atoms with Crippen LogP contribution < -0.4 is 0 Å². The van der Waals surface area contributed by atoms with Gasteiger partial charge in [0.25, 0.3) is 0 Å². The number of benzene rings is 1. The van der Waals surface area contributed by atoms with E-state index in [2.05, 4.69) is 24.9 Å². The number of imidazole rings is 1. The highest BCUT2D eigenvalue weighted by Gasteiger charge is 2.16. The lowest BCUT2D eigenvalue weighted by atomic mass is 9.93. The maximum atomic E-state index is 9.16. The van der Waals surface area contributed by atoms with E-state index in [1.54, 1.807) is 0 Å². The third-order valence-corrected chi connectivity index (χ3v) is 3.79. The lowest BCUT2D eigenvalue weighted by Crippen LogP contribution is -2.05. The predicted molar refractivity (Wildman–Crippen MR) is 75.2 cm³/mol. The fraction of sp³-hybridized carbons (Fsp3) is 0.500. The maximum absolute atomic E-state index is 9.16. The first kappa shape index (κ1) is 13.4. The van der Waals surface area contributed by atoms with Crippen LogP contribution in [0.15, 0.2) is 18.2 Å². The summed E-state index contributed by atoms with van der Waals surface area (Å²) in [6.45, 7) is 4.96. The largest absolute Gasteiger partial charge is 0.395 e. The average molecular weight is 267 g/mol. The van der Waals surface area contributed by atoms with Crippen molar-refractivity contribution >= 4 is 22.6 Å². The van der Waals surface area contributed by atoms with Crippen LogP contribution in [-0.2, 0) is 6.54 Å². The van der Waals surface area contributed by atoms with Crippen LogP contribution in [0.2, 0.25) is 5.28 Å². The first-order valence-corrected chi connectivity index (χ1v) is 6.86. The van der Waals surface area contributed by atoms with Crippen LogP contribution in [0.3, 0.4) is 0 Å². The highest BCUT2D eigenvalue weighted by atomic mass is 35.5. The molecule has 1 N–H and O–H groups in total. The van der Waals surface area contributed by atoms with Gasteiger partial charge in [-0.15, -0.1) is 0 Å². The molecule has 0 unspecified atom stereocenters. The Balaban J connectivity index is 2.65. The standard InChI is InChI=1S/C14H19ClN2O/c1-3-10(4-2)11-6-5-7-12-13(11)17(8-9-18)14(15)16-12/h5-7,10,18H,3-4,8-9H2,1-2H3. The molecule has 0 aliphatic rings. The molecule has 0 aliphatic heterocycles. The number of fused-ring (bicyclic) bond motifs is 1. The summed E-state index contributed by atoms with van der Waals surface area (Å²) in [6.07, 6.45) is 2.19. The third-order valence-electron chi connectivity index (χ3n) is 3.50. The Kier molecular flexibility index (Phi) is 4.25. The van der Waals surface area contributed by atoms with Crippen LogP contribution in [0.1, 0.15) is 38.2 Å². The van der Waals surface area contributed by atoms with Crippen molar-refractivity contribution in [2.24, 2.45) is 0 Å². The lowest BCUT2D eigenvalue weighted by Gasteiger charge is -2.15. The molecule has 0 saturated carbocycles. The van der Waals surface area contributed by atoms with Gasteiger partial charge in [0.1, 0.15) is 0 Å². The van der Waals surface area contributed by atoms with E-state index in [1.807, 2.05) is 16.7 Å². The summed E-state index contributed by atoms with van der Waals surface area (Å²) >= 11 is 6.15. The average Bonchev–Trinajstić information content (AvgIpc) is 2.69. The second-order valence-electron chi connectivity index (χ2n) is 4.48. The van der Waals surface area contributed by atoms with E-state index in [0.29, 0.717) is 17.7 Å². The molecule has 0 amide bonds. The Morgan fingerprint density at radius 3 is 2.67 bits per heavy atom. The van der Waals surface area contributed by atoms with Gasteiger partial charge in [-0.3, -0.25) is 0 Å². The number of aliphatic hydroxyl groups is 1. The van der Waals surface area contributed by atoms with E-state index in [1.165, 1.54) is 5.56 Å². The molecule has 2 aromatic rings. The van der Waals surface area contributed by atoms with Gasteiger partial charge in [0.15, 0.2) is 0 Å². The van der Waals surface area contributed by atoms with Crippen LogP contribution in [0.5, 0.6) is 0 Å². The second kappa shape index (κ2) is 5.72. The molecule has 1 heterocycles. The highest BCUT2D eigenvalue weighted by Crippen LogP contribution is 2.31. The van der Waals surface area contributed by atoms with Gasteiger partial charge in [-0.05, 0) is 42.0 Å². The first-order chi connectivity index (χ1) is 8.72. The van der Waals surface area contributed by atoms with E-state index < -0.39 is 0 Å². The molecule has 98 valence electrons. The maximum Gasteiger partial charge on any atom is 0.203 e. The van der Waals surface area contributed by atoms with Crippen molar-refractivity contribution in [3.05, 3.63) is 29.0 Å². The summed E-state index contributed by atoms with van der Waals surface area (Å²) in [4.78, 5) is 4.36. The number of aliphatic hydroxyl groups excluding tert-OH is 1. The molecule has 1 aromatic heterocycles. The van der Waals surface area contributed by atoms with Crippen LogP contribution in [-0.4, -0.2) is 21.3 Å². The number of nitrogens with zero attached hydrogens (tertiary/aromatic N) is 2. The summed E-state index contributed by atoms with van der Waals surface area (Å²) in [5.74, 6) is 0.513. The zero-order valence-electron chi connectivity index (χ0n) is 10.9. The summed E-state index contributed by atoms with van der Waals surface area (Å²) in [5.41, 5.74) is 3.27. The SMILES string of the molecule is CCC(CC)c1cccc2nc(Cl)n(CCO)c12. The molecule has 18 heavy (non-hydrogen) atoms.